The van der Waals surface area contributed by atoms with Crippen LogP contribution in [0.3, 0.4) is 0 Å². The van der Waals surface area contributed by atoms with Gasteiger partial charge in [0.15, 0.2) is 5.78 Å². The van der Waals surface area contributed by atoms with Gasteiger partial charge in [0.05, 0.1) is 17.6 Å². The minimum Gasteiger partial charge on any atom is -0.497 e. The predicted octanol–water partition coefficient (Wildman–Crippen LogP) is 5.26. The van der Waals surface area contributed by atoms with Gasteiger partial charge in [0.25, 0.3) is 5.69 Å². The minimum atomic E-state index is -0.660. The zero-order chi connectivity index (χ0) is 26.5. The molecule has 0 fully saturated rings. The van der Waals surface area contributed by atoms with Crippen LogP contribution in [0.25, 0.3) is 0 Å². The molecule has 0 bridgehead atoms. The first-order valence-electron chi connectivity index (χ1n) is 12.2. The molecule has 2 aromatic rings. The van der Waals surface area contributed by atoms with Crippen LogP contribution >= 0.6 is 11.8 Å². The molecule has 0 saturated carbocycles. The lowest BCUT2D eigenvalue weighted by molar-refractivity contribution is -0.384. The van der Waals surface area contributed by atoms with E-state index in [1.807, 2.05) is 31.2 Å². The van der Waals surface area contributed by atoms with Crippen molar-refractivity contribution >= 4 is 29.2 Å². The standard InChI is InChI=1S/C28H30N2O6S/c1-4-37-14-13-36-28(32)25-17(2)29-23-15-20(18-7-11-22(35-3)12-8-18)16-24(31)27(23)26(25)19-5-9-21(10-6-19)30(33)34/h5-12,20,26,29H,4,13-16H2,1-3H3/t20-,26-/m1/s1. The number of carbonyl (C=O) groups excluding carboxylic acids is 2. The first-order chi connectivity index (χ1) is 17.8. The van der Waals surface area contributed by atoms with Gasteiger partial charge in [-0.2, -0.15) is 11.8 Å². The Morgan fingerprint density at radius 1 is 1.11 bits per heavy atom. The van der Waals surface area contributed by atoms with Gasteiger partial charge in [0, 0.05) is 47.2 Å². The van der Waals surface area contributed by atoms with Crippen molar-refractivity contribution in [3.8, 4) is 5.75 Å². The molecule has 1 aliphatic heterocycles. The lowest BCUT2D eigenvalue weighted by atomic mass is 9.71. The quantitative estimate of drug-likeness (QED) is 0.206. The van der Waals surface area contributed by atoms with Gasteiger partial charge in [0.1, 0.15) is 12.4 Å². The van der Waals surface area contributed by atoms with E-state index in [2.05, 4.69) is 5.32 Å². The Balaban J connectivity index is 1.71. The van der Waals surface area contributed by atoms with Crippen LogP contribution in [-0.2, 0) is 14.3 Å². The van der Waals surface area contributed by atoms with Gasteiger partial charge >= 0.3 is 5.97 Å². The molecule has 37 heavy (non-hydrogen) atoms. The number of thioether (sulfide) groups is 1. The number of hydrogen-bond donors (Lipinski definition) is 1. The molecule has 4 rings (SSSR count). The average molecular weight is 523 g/mol. The monoisotopic (exact) mass is 522 g/mol. The number of non-ortho nitro benzene ring substituents is 1. The van der Waals surface area contributed by atoms with Crippen LogP contribution in [0, 0.1) is 10.1 Å². The van der Waals surface area contributed by atoms with Crippen LogP contribution in [0.1, 0.15) is 49.7 Å². The molecule has 2 aliphatic rings. The third-order valence-electron chi connectivity index (χ3n) is 6.74. The summed E-state index contributed by atoms with van der Waals surface area (Å²) in [6, 6.07) is 13.8. The molecule has 0 radical (unpaired) electrons. The highest BCUT2D eigenvalue weighted by molar-refractivity contribution is 7.99. The van der Waals surface area contributed by atoms with Crippen molar-refractivity contribution in [2.24, 2.45) is 0 Å². The van der Waals surface area contributed by atoms with Crippen LogP contribution in [0.2, 0.25) is 0 Å². The number of hydrogen-bond acceptors (Lipinski definition) is 8. The second kappa shape index (κ2) is 11.6. The molecule has 1 aliphatic carbocycles. The number of carbonyl (C=O) groups is 2. The van der Waals surface area contributed by atoms with E-state index < -0.39 is 16.8 Å². The molecule has 194 valence electrons. The maximum atomic E-state index is 13.7. The Morgan fingerprint density at radius 3 is 2.41 bits per heavy atom. The number of allylic oxidation sites excluding steroid dienone is 3. The van der Waals surface area contributed by atoms with Crippen molar-refractivity contribution in [3.05, 3.63) is 92.3 Å². The van der Waals surface area contributed by atoms with E-state index in [1.165, 1.54) is 12.1 Å². The fourth-order valence-electron chi connectivity index (χ4n) is 4.96. The molecule has 1 heterocycles. The summed E-state index contributed by atoms with van der Waals surface area (Å²) in [6.07, 6.45) is 0.897. The first-order valence-corrected chi connectivity index (χ1v) is 13.4. The number of nitrogens with zero attached hydrogens (tertiary/aromatic N) is 1. The smallest absolute Gasteiger partial charge is 0.336 e. The van der Waals surface area contributed by atoms with Gasteiger partial charge in [-0.05, 0) is 48.3 Å². The number of rotatable bonds is 9. The molecule has 0 spiro atoms. The summed E-state index contributed by atoms with van der Waals surface area (Å²) in [6.45, 7) is 4.11. The Kier molecular flexibility index (Phi) is 8.33. The van der Waals surface area contributed by atoms with Crippen molar-refractivity contribution < 1.29 is 24.0 Å². The lowest BCUT2D eigenvalue weighted by Gasteiger charge is -2.36. The molecule has 0 aromatic heterocycles. The van der Waals surface area contributed by atoms with Gasteiger partial charge in [-0.1, -0.05) is 31.2 Å². The summed E-state index contributed by atoms with van der Waals surface area (Å²) in [7, 11) is 1.61. The van der Waals surface area contributed by atoms with E-state index in [0.717, 1.165) is 22.8 Å². The second-order valence-corrected chi connectivity index (χ2v) is 10.4. The Bertz CT molecular complexity index is 1250. The molecular formula is C28H30N2O6S. The van der Waals surface area contributed by atoms with Gasteiger partial charge in [-0.15, -0.1) is 0 Å². The number of esters is 1. The number of Topliss-reactive ketones (excluding diaryl/α,β-unsaturated/α-hetero) is 1. The third kappa shape index (κ3) is 5.72. The summed E-state index contributed by atoms with van der Waals surface area (Å²) in [5.41, 5.74) is 3.92. The third-order valence-corrected chi connectivity index (χ3v) is 7.60. The van der Waals surface area contributed by atoms with E-state index in [4.69, 9.17) is 9.47 Å². The molecule has 2 atom stereocenters. The number of nitro benzene ring substituents is 1. The number of benzene rings is 2. The van der Waals surface area contributed by atoms with Crippen molar-refractivity contribution in [3.63, 3.8) is 0 Å². The zero-order valence-corrected chi connectivity index (χ0v) is 21.9. The predicted molar refractivity (Wildman–Crippen MR) is 143 cm³/mol. The van der Waals surface area contributed by atoms with Crippen molar-refractivity contribution in [2.45, 2.75) is 38.5 Å². The molecule has 2 aromatic carbocycles. The van der Waals surface area contributed by atoms with Crippen molar-refractivity contribution in [2.75, 3.05) is 25.2 Å². The van der Waals surface area contributed by atoms with Gasteiger partial charge < -0.3 is 14.8 Å². The molecular weight excluding hydrogens is 492 g/mol. The van der Waals surface area contributed by atoms with E-state index >= 15 is 0 Å². The molecule has 0 unspecified atom stereocenters. The van der Waals surface area contributed by atoms with Gasteiger partial charge in [-0.25, -0.2) is 4.79 Å². The van der Waals surface area contributed by atoms with E-state index in [9.17, 15) is 19.7 Å². The summed E-state index contributed by atoms with van der Waals surface area (Å²) >= 11 is 1.67. The van der Waals surface area contributed by atoms with Crippen LogP contribution in [0.4, 0.5) is 5.69 Å². The fraction of sp³-hybridized carbons (Fsp3) is 0.357. The van der Waals surface area contributed by atoms with Crippen molar-refractivity contribution in [1.29, 1.82) is 0 Å². The molecule has 0 amide bonds. The van der Waals surface area contributed by atoms with E-state index in [-0.39, 0.29) is 24.0 Å². The van der Waals surface area contributed by atoms with Gasteiger partial charge in [-0.3, -0.25) is 14.9 Å². The zero-order valence-electron chi connectivity index (χ0n) is 21.1. The number of dihydropyridines is 1. The van der Waals surface area contributed by atoms with E-state index in [0.29, 0.717) is 41.0 Å². The molecule has 9 heteroatoms. The highest BCUT2D eigenvalue weighted by Gasteiger charge is 2.41. The Morgan fingerprint density at radius 2 is 1.78 bits per heavy atom. The van der Waals surface area contributed by atoms with Crippen molar-refractivity contribution in [1.82, 2.24) is 5.32 Å². The lowest BCUT2D eigenvalue weighted by Crippen LogP contribution is -2.36. The summed E-state index contributed by atoms with van der Waals surface area (Å²) in [5, 5.41) is 14.5. The molecule has 8 nitrogen and oxygen atoms in total. The van der Waals surface area contributed by atoms with E-state index in [1.54, 1.807) is 37.9 Å². The minimum absolute atomic E-state index is 0.0189. The molecule has 1 N–H and O–H groups in total. The average Bonchev–Trinajstić information content (AvgIpc) is 2.90. The van der Waals surface area contributed by atoms with Gasteiger partial charge in [0.2, 0.25) is 0 Å². The fourth-order valence-corrected chi connectivity index (χ4v) is 5.45. The largest absolute Gasteiger partial charge is 0.497 e. The van der Waals surface area contributed by atoms with Crippen LogP contribution in [-0.4, -0.2) is 41.9 Å². The normalized spacial score (nSPS) is 19.3. The number of ether oxygens (including phenoxy) is 2. The van der Waals surface area contributed by atoms with Crippen LogP contribution in [0.15, 0.2) is 71.1 Å². The summed E-state index contributed by atoms with van der Waals surface area (Å²) < 4.78 is 10.8. The second-order valence-electron chi connectivity index (χ2n) is 8.97. The highest BCUT2D eigenvalue weighted by atomic mass is 32.2. The summed E-state index contributed by atoms with van der Waals surface area (Å²) in [4.78, 5) is 37.7. The highest BCUT2D eigenvalue weighted by Crippen LogP contribution is 2.46. The van der Waals surface area contributed by atoms with Crippen LogP contribution in [0.5, 0.6) is 5.75 Å². The Hall–Kier alpha value is -3.59. The maximum absolute atomic E-state index is 13.7. The molecule has 0 saturated heterocycles. The number of methoxy groups -OCH3 is 1. The first kappa shape index (κ1) is 26.5. The Labute approximate surface area is 220 Å². The summed E-state index contributed by atoms with van der Waals surface area (Å²) in [5.74, 6) is 1.13. The SMILES string of the molecule is CCSCCOC(=O)C1=C(C)NC2=C(C(=O)C[C@H](c3ccc(OC)cc3)C2)[C@@H]1c1ccc([N+](=O)[O-])cc1. The number of ketones is 1. The van der Waals surface area contributed by atoms with Crippen LogP contribution < -0.4 is 10.1 Å². The topological polar surface area (TPSA) is 108 Å². The number of nitrogens with one attached hydrogen (secondary N) is 1. The maximum Gasteiger partial charge on any atom is 0.336 e. The number of nitro groups is 1.